The summed E-state index contributed by atoms with van der Waals surface area (Å²) in [6.45, 7) is 7.86. The highest BCUT2D eigenvalue weighted by Crippen LogP contribution is 2.36. The largest absolute Gasteiger partial charge is 0.514 e. The Balaban J connectivity index is 2.35. The van der Waals surface area contributed by atoms with E-state index >= 15 is 0 Å². The van der Waals surface area contributed by atoms with E-state index in [1.165, 1.54) is 7.11 Å². The van der Waals surface area contributed by atoms with Gasteiger partial charge in [0, 0.05) is 4.47 Å². The Morgan fingerprint density at radius 2 is 1.80 bits per heavy atom. The van der Waals surface area contributed by atoms with Crippen LogP contribution in [0, 0.1) is 0 Å². The van der Waals surface area contributed by atoms with Gasteiger partial charge in [-0.2, -0.15) is 0 Å². The first-order valence-electron chi connectivity index (χ1n) is 6.28. The third-order valence-corrected chi connectivity index (χ3v) is 4.16. The van der Waals surface area contributed by atoms with Gasteiger partial charge in [0.05, 0.1) is 23.9 Å². The molecule has 0 unspecified atom stereocenters. The van der Waals surface area contributed by atoms with E-state index in [2.05, 4.69) is 25.7 Å². The molecule has 0 amide bonds. The molecule has 1 aliphatic rings. The Morgan fingerprint density at radius 1 is 1.25 bits per heavy atom. The first-order chi connectivity index (χ1) is 9.16. The molecular formula is C13H17BBrNO4. The van der Waals surface area contributed by atoms with Gasteiger partial charge in [0.1, 0.15) is 5.69 Å². The normalized spacial score (nSPS) is 20.0. The average molecular weight is 342 g/mol. The van der Waals surface area contributed by atoms with Crippen molar-refractivity contribution < 1.29 is 18.8 Å². The van der Waals surface area contributed by atoms with Crippen LogP contribution >= 0.6 is 15.9 Å². The SMILES string of the molecule is COC(=O)c1cc(Br)cc(B2OC(C)(C)C(C)(C)O2)n1. The van der Waals surface area contributed by atoms with Crippen LogP contribution in [-0.2, 0) is 14.0 Å². The lowest BCUT2D eigenvalue weighted by Crippen LogP contribution is -2.41. The van der Waals surface area contributed by atoms with Crippen LogP contribution in [0.4, 0.5) is 0 Å². The van der Waals surface area contributed by atoms with Crippen LogP contribution in [0.5, 0.6) is 0 Å². The molecule has 1 aromatic heterocycles. The molecule has 2 heterocycles. The fourth-order valence-corrected chi connectivity index (χ4v) is 2.26. The first kappa shape index (κ1) is 15.5. The highest BCUT2D eigenvalue weighted by Gasteiger charge is 2.52. The van der Waals surface area contributed by atoms with E-state index in [0.717, 1.165) is 4.47 Å². The third-order valence-electron chi connectivity index (χ3n) is 3.70. The predicted octanol–water partition coefficient (Wildman–Crippen LogP) is 1.93. The molecule has 0 radical (unpaired) electrons. The minimum atomic E-state index is -0.610. The number of esters is 1. The van der Waals surface area contributed by atoms with Gasteiger partial charge >= 0.3 is 13.1 Å². The van der Waals surface area contributed by atoms with E-state index in [9.17, 15) is 4.79 Å². The molecule has 0 spiro atoms. The Bertz CT molecular complexity index is 531. The molecule has 0 aliphatic carbocycles. The van der Waals surface area contributed by atoms with Gasteiger partial charge in [-0.3, -0.25) is 0 Å². The molecule has 20 heavy (non-hydrogen) atoms. The van der Waals surface area contributed by atoms with Crippen molar-refractivity contribution in [3.8, 4) is 0 Å². The van der Waals surface area contributed by atoms with E-state index in [1.54, 1.807) is 12.1 Å². The van der Waals surface area contributed by atoms with E-state index in [-0.39, 0.29) is 5.69 Å². The van der Waals surface area contributed by atoms with Gasteiger partial charge in [-0.25, -0.2) is 9.78 Å². The summed E-state index contributed by atoms with van der Waals surface area (Å²) < 4.78 is 17.2. The summed E-state index contributed by atoms with van der Waals surface area (Å²) in [5, 5.41) is 0. The summed E-state index contributed by atoms with van der Waals surface area (Å²) in [5.41, 5.74) is -0.148. The van der Waals surface area contributed by atoms with Gasteiger partial charge in [0.25, 0.3) is 0 Å². The highest BCUT2D eigenvalue weighted by atomic mass is 79.9. The molecule has 0 bridgehead atoms. The summed E-state index contributed by atoms with van der Waals surface area (Å²) in [5.74, 6) is -0.496. The number of hydrogen-bond donors (Lipinski definition) is 0. The maximum absolute atomic E-state index is 11.6. The summed E-state index contributed by atoms with van der Waals surface area (Å²) in [6, 6.07) is 3.37. The fourth-order valence-electron chi connectivity index (χ4n) is 1.81. The van der Waals surface area contributed by atoms with Crippen LogP contribution in [0.15, 0.2) is 16.6 Å². The molecule has 1 saturated heterocycles. The number of nitrogens with zero attached hydrogens (tertiary/aromatic N) is 1. The van der Waals surface area contributed by atoms with Crippen molar-refractivity contribution in [1.82, 2.24) is 4.98 Å². The number of halogens is 1. The molecule has 1 aliphatic heterocycles. The molecule has 0 atom stereocenters. The summed E-state index contributed by atoms with van der Waals surface area (Å²) in [6.07, 6.45) is 0. The zero-order chi connectivity index (χ0) is 15.1. The second-order valence-corrected chi connectivity index (χ2v) is 6.59. The number of aromatic nitrogens is 1. The Kier molecular flexibility index (Phi) is 3.97. The molecule has 108 valence electrons. The predicted molar refractivity (Wildman–Crippen MR) is 79.0 cm³/mol. The van der Waals surface area contributed by atoms with Gasteiger partial charge in [-0.15, -0.1) is 0 Å². The smallest absolute Gasteiger partial charge is 0.464 e. The number of methoxy groups -OCH3 is 1. The van der Waals surface area contributed by atoms with Gasteiger partial charge in [0.15, 0.2) is 0 Å². The van der Waals surface area contributed by atoms with Crippen LogP contribution in [-0.4, -0.2) is 36.4 Å². The lowest BCUT2D eigenvalue weighted by atomic mass is 9.84. The quantitative estimate of drug-likeness (QED) is 0.607. The van der Waals surface area contributed by atoms with E-state index in [0.29, 0.717) is 5.59 Å². The molecule has 0 aromatic carbocycles. The molecule has 7 heteroatoms. The number of hydrogen-bond acceptors (Lipinski definition) is 5. The van der Waals surface area contributed by atoms with Crippen molar-refractivity contribution in [3.05, 3.63) is 22.3 Å². The number of ether oxygens (including phenoxy) is 1. The Labute approximate surface area is 127 Å². The zero-order valence-corrected chi connectivity index (χ0v) is 13.8. The maximum Gasteiger partial charge on any atom is 0.514 e. The van der Waals surface area contributed by atoms with Crippen LogP contribution in [0.1, 0.15) is 38.2 Å². The summed E-state index contributed by atoms with van der Waals surface area (Å²) in [4.78, 5) is 15.9. The molecular weight excluding hydrogens is 325 g/mol. The molecule has 1 aromatic rings. The highest BCUT2D eigenvalue weighted by molar-refractivity contribution is 9.10. The van der Waals surface area contributed by atoms with Crippen molar-refractivity contribution in [2.24, 2.45) is 0 Å². The van der Waals surface area contributed by atoms with Gasteiger partial charge < -0.3 is 14.0 Å². The molecule has 5 nitrogen and oxygen atoms in total. The summed E-state index contributed by atoms with van der Waals surface area (Å²) >= 11 is 3.36. The van der Waals surface area contributed by atoms with E-state index in [4.69, 9.17) is 9.31 Å². The second-order valence-electron chi connectivity index (χ2n) is 5.68. The minimum absolute atomic E-state index is 0.214. The van der Waals surface area contributed by atoms with E-state index < -0.39 is 24.3 Å². The first-order valence-corrected chi connectivity index (χ1v) is 7.07. The lowest BCUT2D eigenvalue weighted by molar-refractivity contribution is 0.00578. The lowest BCUT2D eigenvalue weighted by Gasteiger charge is -2.32. The van der Waals surface area contributed by atoms with Gasteiger partial charge in [-0.05, 0) is 39.8 Å². The number of rotatable bonds is 2. The number of pyridine rings is 1. The summed E-state index contributed by atoms with van der Waals surface area (Å²) in [7, 11) is 0.709. The maximum atomic E-state index is 11.6. The van der Waals surface area contributed by atoms with Crippen LogP contribution in [0.25, 0.3) is 0 Å². The van der Waals surface area contributed by atoms with Gasteiger partial charge in [-0.1, -0.05) is 15.9 Å². The average Bonchev–Trinajstić information content (AvgIpc) is 2.57. The topological polar surface area (TPSA) is 57.7 Å². The van der Waals surface area contributed by atoms with Gasteiger partial charge in [0.2, 0.25) is 0 Å². The molecule has 2 rings (SSSR count). The second kappa shape index (κ2) is 5.13. The zero-order valence-electron chi connectivity index (χ0n) is 12.2. The Hall–Kier alpha value is -0.915. The van der Waals surface area contributed by atoms with Crippen LogP contribution in [0.3, 0.4) is 0 Å². The number of carbonyl (C=O) groups excluding carboxylic acids is 1. The minimum Gasteiger partial charge on any atom is -0.464 e. The monoisotopic (exact) mass is 341 g/mol. The standard InChI is InChI=1S/C13H17BBrNO4/c1-12(2)13(3,4)20-14(19-12)10-7-8(15)6-9(16-10)11(17)18-5/h6-7H,1-5H3. The van der Waals surface area contributed by atoms with Crippen molar-refractivity contribution in [1.29, 1.82) is 0 Å². The fraction of sp³-hybridized carbons (Fsp3) is 0.538. The van der Waals surface area contributed by atoms with Crippen LogP contribution in [0.2, 0.25) is 0 Å². The Morgan fingerprint density at radius 3 is 2.30 bits per heavy atom. The van der Waals surface area contributed by atoms with Crippen molar-refractivity contribution in [2.75, 3.05) is 7.11 Å². The van der Waals surface area contributed by atoms with Crippen molar-refractivity contribution in [2.45, 2.75) is 38.9 Å². The molecule has 0 N–H and O–H groups in total. The number of carbonyl (C=O) groups is 1. The molecule has 1 fully saturated rings. The van der Waals surface area contributed by atoms with Crippen molar-refractivity contribution >= 4 is 34.6 Å². The van der Waals surface area contributed by atoms with E-state index in [1.807, 2.05) is 27.7 Å². The van der Waals surface area contributed by atoms with Crippen LogP contribution < -0.4 is 5.59 Å². The third kappa shape index (κ3) is 2.75. The van der Waals surface area contributed by atoms with Crippen molar-refractivity contribution in [3.63, 3.8) is 0 Å². The molecule has 0 saturated carbocycles.